The number of nitrogens with zero attached hydrogens (tertiary/aromatic N) is 2. The van der Waals surface area contributed by atoms with E-state index in [4.69, 9.17) is 11.5 Å². The van der Waals surface area contributed by atoms with Gasteiger partial charge in [0.05, 0.1) is 12.2 Å². The molecular weight excluding hydrogens is 641 g/mol. The fraction of sp³-hybridized carbons (Fsp3) is 0.913. The van der Waals surface area contributed by atoms with Crippen molar-refractivity contribution in [2.75, 3.05) is 52.4 Å². The molecule has 0 spiro atoms. The van der Waals surface area contributed by atoms with Crippen molar-refractivity contribution in [2.24, 2.45) is 11.5 Å². The fourth-order valence-corrected chi connectivity index (χ4v) is 7.17. The van der Waals surface area contributed by atoms with Gasteiger partial charge in [0, 0.05) is 26.2 Å². The summed E-state index contributed by atoms with van der Waals surface area (Å²) in [6.07, 6.45) is 48.0. The molecule has 0 aliphatic carbocycles. The number of hydrogen-bond acceptors (Lipinski definition) is 6. The average molecular weight is 735 g/mol. The van der Waals surface area contributed by atoms with Crippen LogP contribution in [0, 0.1) is 0 Å². The Balaban J connectivity index is 4.08. The van der Waals surface area contributed by atoms with Crippen molar-refractivity contribution in [1.29, 1.82) is 0 Å². The molecule has 0 bridgehead atoms. The molecule has 310 valence electrons. The molecular formula is C46H94N4O2. The Morgan fingerprint density at radius 2 is 0.596 bits per heavy atom. The van der Waals surface area contributed by atoms with Crippen LogP contribution >= 0.6 is 0 Å². The van der Waals surface area contributed by atoms with Crippen molar-refractivity contribution < 1.29 is 10.2 Å². The Labute approximate surface area is 326 Å². The lowest BCUT2D eigenvalue weighted by molar-refractivity contribution is 0.107. The topological polar surface area (TPSA) is 99.0 Å². The molecule has 6 heteroatoms. The van der Waals surface area contributed by atoms with Gasteiger partial charge in [0.15, 0.2) is 0 Å². The number of allylic oxidation sites excluding steroid dienone is 4. The van der Waals surface area contributed by atoms with E-state index in [2.05, 4.69) is 48.0 Å². The summed E-state index contributed by atoms with van der Waals surface area (Å²) in [6, 6.07) is 0. The second kappa shape index (κ2) is 43.0. The van der Waals surface area contributed by atoms with Gasteiger partial charge >= 0.3 is 0 Å². The van der Waals surface area contributed by atoms with Gasteiger partial charge in [0.1, 0.15) is 0 Å². The second-order valence-electron chi connectivity index (χ2n) is 16.0. The van der Waals surface area contributed by atoms with Crippen LogP contribution in [-0.2, 0) is 0 Å². The number of hydrogen-bond donors (Lipinski definition) is 4. The van der Waals surface area contributed by atoms with Crippen molar-refractivity contribution in [3.05, 3.63) is 24.3 Å². The molecule has 0 aliphatic heterocycles. The smallest absolute Gasteiger partial charge is 0.0789 e. The fourth-order valence-electron chi connectivity index (χ4n) is 7.17. The predicted octanol–water partition coefficient (Wildman–Crippen LogP) is 11.1. The summed E-state index contributed by atoms with van der Waals surface area (Å²) in [4.78, 5) is 4.85. The van der Waals surface area contributed by atoms with Gasteiger partial charge < -0.3 is 31.5 Å². The summed E-state index contributed by atoms with van der Waals surface area (Å²) < 4.78 is 0. The van der Waals surface area contributed by atoms with Gasteiger partial charge in [-0.2, -0.15) is 0 Å². The van der Waals surface area contributed by atoms with Crippen molar-refractivity contribution in [2.45, 2.75) is 219 Å². The highest BCUT2D eigenvalue weighted by atomic mass is 16.3. The van der Waals surface area contributed by atoms with Crippen molar-refractivity contribution in [3.63, 3.8) is 0 Å². The van der Waals surface area contributed by atoms with Crippen molar-refractivity contribution in [3.8, 4) is 0 Å². The Morgan fingerprint density at radius 1 is 0.365 bits per heavy atom. The minimum Gasteiger partial charge on any atom is -0.390 e. The minimum atomic E-state index is -0.448. The second-order valence-corrected chi connectivity index (χ2v) is 16.0. The molecule has 0 radical (unpaired) electrons. The molecule has 6 nitrogen and oxygen atoms in total. The van der Waals surface area contributed by atoms with E-state index in [1.807, 2.05) is 0 Å². The highest BCUT2D eigenvalue weighted by Crippen LogP contribution is 2.13. The maximum absolute atomic E-state index is 10.3. The third-order valence-electron chi connectivity index (χ3n) is 10.7. The first-order valence-electron chi connectivity index (χ1n) is 23.1. The molecule has 0 aliphatic rings. The van der Waals surface area contributed by atoms with Crippen molar-refractivity contribution >= 4 is 0 Å². The van der Waals surface area contributed by atoms with E-state index in [-0.39, 0.29) is 0 Å². The lowest BCUT2D eigenvalue weighted by Gasteiger charge is -2.27. The summed E-state index contributed by atoms with van der Waals surface area (Å²) in [7, 11) is 0. The predicted molar refractivity (Wildman–Crippen MR) is 231 cm³/mol. The number of unbranched alkanes of at least 4 members (excludes halogenated alkanes) is 25. The first-order chi connectivity index (χ1) is 25.6. The van der Waals surface area contributed by atoms with Crippen LogP contribution < -0.4 is 11.5 Å². The van der Waals surface area contributed by atoms with Crippen LogP contribution in [0.2, 0.25) is 0 Å². The van der Waals surface area contributed by atoms with Crippen LogP contribution in [0.3, 0.4) is 0 Å². The van der Waals surface area contributed by atoms with E-state index in [0.717, 1.165) is 39.0 Å². The van der Waals surface area contributed by atoms with Crippen molar-refractivity contribution in [1.82, 2.24) is 9.80 Å². The highest BCUT2D eigenvalue weighted by molar-refractivity contribution is 4.82. The SMILES string of the molecule is CCCCCCCC/C=C\CCCCCCCCN(CCCCN(CCCCCCCC/C=C/CCCCCCCC)CC(O)CN)CC(O)CN. The third-order valence-corrected chi connectivity index (χ3v) is 10.7. The quantitative estimate of drug-likeness (QED) is 0.0368. The summed E-state index contributed by atoms with van der Waals surface area (Å²) in [5, 5.41) is 20.6. The first-order valence-corrected chi connectivity index (χ1v) is 23.1. The van der Waals surface area contributed by atoms with Gasteiger partial charge in [-0.25, -0.2) is 0 Å². The van der Waals surface area contributed by atoms with E-state index < -0.39 is 12.2 Å². The zero-order chi connectivity index (χ0) is 38.0. The zero-order valence-corrected chi connectivity index (χ0v) is 35.3. The van der Waals surface area contributed by atoms with Crippen LogP contribution in [0.1, 0.15) is 206 Å². The molecule has 0 aromatic carbocycles. The number of aliphatic hydroxyl groups excluding tert-OH is 2. The Kier molecular flexibility index (Phi) is 42.3. The molecule has 6 N–H and O–H groups in total. The number of rotatable bonds is 43. The summed E-state index contributed by atoms with van der Waals surface area (Å²) >= 11 is 0. The van der Waals surface area contributed by atoms with Crippen LogP contribution in [0.25, 0.3) is 0 Å². The molecule has 0 aromatic heterocycles. The summed E-state index contributed by atoms with van der Waals surface area (Å²) in [6.45, 7) is 10.7. The molecule has 2 atom stereocenters. The monoisotopic (exact) mass is 735 g/mol. The molecule has 0 amide bonds. The molecule has 0 fully saturated rings. The highest BCUT2D eigenvalue weighted by Gasteiger charge is 2.13. The number of aliphatic hydroxyl groups is 2. The maximum atomic E-state index is 10.3. The van der Waals surface area contributed by atoms with E-state index in [1.54, 1.807) is 0 Å². The number of nitrogens with two attached hydrogens (primary N) is 2. The maximum Gasteiger partial charge on any atom is 0.0789 e. The molecule has 0 saturated heterocycles. The Morgan fingerprint density at radius 3 is 0.865 bits per heavy atom. The molecule has 0 saturated carbocycles. The molecule has 0 heterocycles. The summed E-state index contributed by atoms with van der Waals surface area (Å²) in [5.41, 5.74) is 11.5. The van der Waals surface area contributed by atoms with E-state index in [1.165, 1.54) is 180 Å². The van der Waals surface area contributed by atoms with E-state index >= 15 is 0 Å². The molecule has 52 heavy (non-hydrogen) atoms. The van der Waals surface area contributed by atoms with Crippen LogP contribution in [0.15, 0.2) is 24.3 Å². The Hall–Kier alpha value is -0.760. The van der Waals surface area contributed by atoms with Gasteiger partial charge in [0.2, 0.25) is 0 Å². The first kappa shape index (κ1) is 51.2. The van der Waals surface area contributed by atoms with Crippen LogP contribution in [0.4, 0.5) is 0 Å². The van der Waals surface area contributed by atoms with E-state index in [9.17, 15) is 10.2 Å². The minimum absolute atomic E-state index is 0.324. The van der Waals surface area contributed by atoms with Gasteiger partial charge in [-0.15, -0.1) is 0 Å². The standard InChI is InChI=1S/C46H94N4O2/c1-3-5-7-9-11-13-15-17-19-21-23-25-27-29-31-33-37-49(43-45(51)41-47)39-35-36-40-50(44-46(52)42-48)38-34-32-30-28-26-24-22-20-18-16-14-12-10-8-6-4-2/h17-20,45-46,51-52H,3-16,21-44,47-48H2,1-2H3/b19-17-,20-18+. The lowest BCUT2D eigenvalue weighted by Crippen LogP contribution is -2.39. The van der Waals surface area contributed by atoms with Gasteiger partial charge in [-0.05, 0) is 103 Å². The van der Waals surface area contributed by atoms with Crippen LogP contribution in [0.5, 0.6) is 0 Å². The van der Waals surface area contributed by atoms with Gasteiger partial charge in [0.25, 0.3) is 0 Å². The largest absolute Gasteiger partial charge is 0.390 e. The van der Waals surface area contributed by atoms with Crippen LogP contribution in [-0.4, -0.2) is 84.6 Å². The average Bonchev–Trinajstić information content (AvgIpc) is 3.15. The Bertz CT molecular complexity index is 673. The lowest BCUT2D eigenvalue weighted by atomic mass is 10.1. The molecule has 2 unspecified atom stereocenters. The molecule has 0 rings (SSSR count). The summed E-state index contributed by atoms with van der Waals surface area (Å²) in [5.74, 6) is 0. The van der Waals surface area contributed by atoms with E-state index in [0.29, 0.717) is 26.2 Å². The third kappa shape index (κ3) is 38.9. The normalized spacial score (nSPS) is 13.5. The zero-order valence-electron chi connectivity index (χ0n) is 35.3. The molecule has 0 aromatic rings. The van der Waals surface area contributed by atoms with Gasteiger partial charge in [-0.3, -0.25) is 0 Å². The van der Waals surface area contributed by atoms with Gasteiger partial charge in [-0.1, -0.05) is 154 Å².